The van der Waals surface area contributed by atoms with Crippen molar-refractivity contribution in [2.24, 2.45) is 12.9 Å². The van der Waals surface area contributed by atoms with Gasteiger partial charge in [-0.3, -0.25) is 18.5 Å². The highest BCUT2D eigenvalue weighted by Crippen LogP contribution is 2.30. The first-order valence-corrected chi connectivity index (χ1v) is 12.2. The van der Waals surface area contributed by atoms with Crippen LogP contribution in [0.4, 0.5) is 13.2 Å². The third-order valence-electron chi connectivity index (χ3n) is 5.95. The molecule has 0 aliphatic heterocycles. The number of hydrogen-bond acceptors (Lipinski definition) is 8. The average molecular weight is 563 g/mol. The van der Waals surface area contributed by atoms with Gasteiger partial charge in [-0.1, -0.05) is 30.3 Å². The van der Waals surface area contributed by atoms with Crippen LogP contribution in [0.25, 0.3) is 11.2 Å². The Morgan fingerprint density at radius 2 is 1.68 bits per heavy atom. The first kappa shape index (κ1) is 28.9. The monoisotopic (exact) mass is 562 g/mol. The molecule has 14 heteroatoms. The number of aromatic nitrogens is 4. The molecular formula is C26H29F3N6O5. The number of alkyl halides is 3. The number of benzene rings is 2. The van der Waals surface area contributed by atoms with Gasteiger partial charge in [-0.2, -0.15) is 4.98 Å². The molecule has 2 aromatic carbocycles. The molecule has 0 saturated carbocycles. The average Bonchev–Trinajstić information content (AvgIpc) is 3.22. The van der Waals surface area contributed by atoms with Crippen molar-refractivity contribution >= 4 is 11.2 Å². The molecule has 2 N–H and O–H groups in total. The summed E-state index contributed by atoms with van der Waals surface area (Å²) in [5.74, 6) is 4.59. The number of rotatable bonds is 11. The van der Waals surface area contributed by atoms with Crippen LogP contribution in [0.15, 0.2) is 58.1 Å². The maximum Gasteiger partial charge on any atom is 0.573 e. The van der Waals surface area contributed by atoms with E-state index in [2.05, 4.69) is 14.6 Å². The van der Waals surface area contributed by atoms with Crippen LogP contribution in [-0.2, 0) is 31.5 Å². The van der Waals surface area contributed by atoms with Crippen LogP contribution in [-0.4, -0.2) is 50.6 Å². The van der Waals surface area contributed by atoms with Gasteiger partial charge < -0.3 is 19.2 Å². The highest BCUT2D eigenvalue weighted by molar-refractivity contribution is 5.72. The van der Waals surface area contributed by atoms with Gasteiger partial charge in [-0.25, -0.2) is 10.7 Å². The third-order valence-corrected chi connectivity index (χ3v) is 5.95. The summed E-state index contributed by atoms with van der Waals surface area (Å²) in [5.41, 5.74) is 0.829. The normalized spacial score (nSPS) is 11.9. The van der Waals surface area contributed by atoms with E-state index in [1.165, 1.54) is 28.3 Å². The zero-order valence-corrected chi connectivity index (χ0v) is 22.1. The Bertz CT molecular complexity index is 1590. The number of nitrogens with two attached hydrogens (primary N) is 1. The summed E-state index contributed by atoms with van der Waals surface area (Å²) in [6.45, 7) is 1.05. The molecule has 4 aromatic rings. The Morgan fingerprint density at radius 3 is 2.33 bits per heavy atom. The van der Waals surface area contributed by atoms with Crippen LogP contribution in [0.2, 0.25) is 0 Å². The van der Waals surface area contributed by atoms with E-state index < -0.39 is 23.4 Å². The maximum absolute atomic E-state index is 13.6. The lowest BCUT2D eigenvalue weighted by molar-refractivity contribution is -0.274. The number of fused-ring (bicyclic) bond motifs is 1. The lowest BCUT2D eigenvalue weighted by atomic mass is 10.1. The Labute approximate surface area is 226 Å². The molecule has 0 spiro atoms. The molecule has 4 rings (SSSR count). The molecule has 0 radical (unpaired) electrons. The summed E-state index contributed by atoms with van der Waals surface area (Å²) >= 11 is 0. The van der Waals surface area contributed by atoms with Gasteiger partial charge >= 0.3 is 18.1 Å². The van der Waals surface area contributed by atoms with Crippen molar-refractivity contribution in [2.75, 3.05) is 20.7 Å². The summed E-state index contributed by atoms with van der Waals surface area (Å²) in [5, 5.41) is 0. The van der Waals surface area contributed by atoms with Crippen LogP contribution in [0, 0.1) is 0 Å². The number of hydrogen-bond donors (Lipinski definition) is 1. The van der Waals surface area contributed by atoms with Gasteiger partial charge in [0.05, 0.1) is 13.2 Å². The molecule has 0 bridgehead atoms. The molecular weight excluding hydrogens is 533 g/mol. The Kier molecular flexibility index (Phi) is 8.61. The van der Waals surface area contributed by atoms with Gasteiger partial charge in [0.1, 0.15) is 11.5 Å². The predicted octanol–water partition coefficient (Wildman–Crippen LogP) is 2.98. The van der Waals surface area contributed by atoms with E-state index in [0.717, 1.165) is 34.4 Å². The fraction of sp³-hybridized carbons (Fsp3) is 0.346. The molecule has 214 valence electrons. The fourth-order valence-electron chi connectivity index (χ4n) is 4.22. The highest BCUT2D eigenvalue weighted by atomic mass is 19.4. The molecule has 0 amide bonds. The minimum atomic E-state index is -4.89. The van der Waals surface area contributed by atoms with E-state index in [9.17, 15) is 22.8 Å². The molecule has 0 fully saturated rings. The minimum Gasteiger partial charge on any atom is -0.425 e. The number of halogens is 3. The lowest BCUT2D eigenvalue weighted by Crippen LogP contribution is -2.40. The molecule has 0 aliphatic rings. The maximum atomic E-state index is 13.6. The van der Waals surface area contributed by atoms with Crippen LogP contribution in [0.3, 0.4) is 0 Å². The molecule has 2 aromatic heterocycles. The van der Waals surface area contributed by atoms with Crippen LogP contribution in [0.5, 0.6) is 17.5 Å². The van der Waals surface area contributed by atoms with Crippen molar-refractivity contribution < 1.29 is 27.5 Å². The van der Waals surface area contributed by atoms with E-state index in [4.69, 9.17) is 10.6 Å². The number of imidazole rings is 1. The summed E-state index contributed by atoms with van der Waals surface area (Å²) in [6, 6.07) is 12.5. The van der Waals surface area contributed by atoms with Crippen molar-refractivity contribution in [1.29, 1.82) is 0 Å². The lowest BCUT2D eigenvalue weighted by Gasteiger charge is -2.13. The van der Waals surface area contributed by atoms with E-state index in [0.29, 0.717) is 6.42 Å². The first-order chi connectivity index (χ1) is 19.0. The number of ether oxygens (including phenoxy) is 2. The molecule has 0 unspecified atom stereocenters. The Hall–Kier alpha value is -4.14. The van der Waals surface area contributed by atoms with Gasteiger partial charge in [0.25, 0.3) is 5.56 Å². The van der Waals surface area contributed by atoms with Crippen molar-refractivity contribution in [3.63, 3.8) is 0 Å². The zero-order chi connectivity index (χ0) is 29.0. The summed E-state index contributed by atoms with van der Waals surface area (Å²) in [7, 11) is 5.38. The quantitative estimate of drug-likeness (QED) is 0.219. The van der Waals surface area contributed by atoms with Crippen molar-refractivity contribution in [2.45, 2.75) is 32.4 Å². The minimum absolute atomic E-state index is 0.00921. The van der Waals surface area contributed by atoms with E-state index in [1.54, 1.807) is 0 Å². The van der Waals surface area contributed by atoms with E-state index in [1.807, 2.05) is 43.3 Å². The summed E-state index contributed by atoms with van der Waals surface area (Å²) in [4.78, 5) is 37.5. The van der Waals surface area contributed by atoms with E-state index >= 15 is 0 Å². The van der Waals surface area contributed by atoms with E-state index in [-0.39, 0.29) is 42.6 Å². The van der Waals surface area contributed by atoms with Crippen LogP contribution in [0.1, 0.15) is 17.5 Å². The summed E-state index contributed by atoms with van der Waals surface area (Å²) in [6.07, 6.45) is -4.57. The van der Waals surface area contributed by atoms with Gasteiger partial charge in [-0.15, -0.1) is 13.2 Å². The third kappa shape index (κ3) is 6.70. The van der Waals surface area contributed by atoms with Gasteiger partial charge in [0, 0.05) is 26.2 Å². The van der Waals surface area contributed by atoms with Crippen molar-refractivity contribution in [3.8, 4) is 17.5 Å². The van der Waals surface area contributed by atoms with Gasteiger partial charge in [-0.05, 0) is 43.8 Å². The Morgan fingerprint density at radius 1 is 1.00 bits per heavy atom. The molecule has 0 saturated heterocycles. The van der Waals surface area contributed by atoms with Gasteiger partial charge in [0.2, 0.25) is 0 Å². The predicted molar refractivity (Wildman–Crippen MR) is 140 cm³/mol. The van der Waals surface area contributed by atoms with Crippen molar-refractivity contribution in [1.82, 2.24) is 23.6 Å². The van der Waals surface area contributed by atoms with Crippen LogP contribution >= 0.6 is 0 Å². The molecule has 11 nitrogen and oxygen atoms in total. The number of nitrogens with zero attached hydrogens (tertiary/aromatic N) is 5. The zero-order valence-electron chi connectivity index (χ0n) is 22.1. The smallest absolute Gasteiger partial charge is 0.425 e. The number of aryl methyl sites for hydroxylation is 1. The standard InChI is InChI=1S/C26H29F3N6O5/c1-32(2)15-17-8-10-18(11-9-17)16-35-21-22(33(3)25(37)34(23(21)36)12-5-13-38-30)31-24(35)39-19-6-4-7-20(14-19)40-26(27,28)29/h4,6-11,14H,5,12-13,15-16,30H2,1-3H3. The Balaban J connectivity index is 1.82. The van der Waals surface area contributed by atoms with Gasteiger partial charge in [0.15, 0.2) is 11.2 Å². The van der Waals surface area contributed by atoms with Crippen molar-refractivity contribution in [3.05, 3.63) is 80.5 Å². The second-order valence-electron chi connectivity index (χ2n) is 9.35. The van der Waals surface area contributed by atoms with Crippen LogP contribution < -0.4 is 26.6 Å². The second kappa shape index (κ2) is 11.9. The molecule has 40 heavy (non-hydrogen) atoms. The molecule has 0 aliphatic carbocycles. The summed E-state index contributed by atoms with van der Waals surface area (Å²) < 4.78 is 51.9. The topological polar surface area (TPSA) is 119 Å². The first-order valence-electron chi connectivity index (χ1n) is 12.2. The highest BCUT2D eigenvalue weighted by Gasteiger charge is 2.31. The second-order valence-corrected chi connectivity index (χ2v) is 9.35. The molecule has 2 heterocycles. The SMILES string of the molecule is CN(C)Cc1ccc(Cn2c(Oc3cccc(OC(F)(F)F)c3)nc3c2c(=O)n(CCCON)c(=O)n3C)cc1. The largest absolute Gasteiger partial charge is 0.573 e. The fourth-order valence-corrected chi connectivity index (χ4v) is 4.22. The molecule has 0 atom stereocenters.